The lowest BCUT2D eigenvalue weighted by atomic mass is 10.1. The zero-order valence-electron chi connectivity index (χ0n) is 17.0. The summed E-state index contributed by atoms with van der Waals surface area (Å²) < 4.78 is 27.6. The quantitative estimate of drug-likeness (QED) is 0.440. The largest absolute Gasteiger partial charge is 0.322 e. The Hall–Kier alpha value is -3.24. The predicted molar refractivity (Wildman–Crippen MR) is 123 cm³/mol. The van der Waals surface area contributed by atoms with E-state index in [0.29, 0.717) is 34.5 Å². The van der Waals surface area contributed by atoms with Crippen LogP contribution in [0, 0.1) is 6.92 Å². The van der Waals surface area contributed by atoms with Gasteiger partial charge in [-0.3, -0.25) is 9.52 Å². The number of benzene rings is 1. The molecule has 3 aromatic heterocycles. The number of hydrogen-bond donors (Lipinski definition) is 2. The Morgan fingerprint density at radius 2 is 1.90 bits per heavy atom. The SMILES string of the molecule is CCS(=O)(=O)Nc1ccc(NC(=O)c2cc(C)nc3c2cnn3Cc2cccs2)cc1. The standard InChI is InChI=1S/C21H21N5O3S2/c1-3-31(28,29)25-16-8-6-15(7-9-16)24-21(27)18-11-14(2)23-20-19(18)12-22-26(20)13-17-5-4-10-30-17/h4-12,25H,3,13H2,1-2H3,(H,24,27). The predicted octanol–water partition coefficient (Wildman–Crippen LogP) is 3.86. The number of pyridine rings is 1. The maximum Gasteiger partial charge on any atom is 0.256 e. The molecule has 8 nitrogen and oxygen atoms in total. The van der Waals surface area contributed by atoms with Crippen LogP contribution in [0.3, 0.4) is 0 Å². The van der Waals surface area contributed by atoms with Gasteiger partial charge in [0.15, 0.2) is 5.65 Å². The Morgan fingerprint density at radius 1 is 1.16 bits per heavy atom. The van der Waals surface area contributed by atoms with Crippen LogP contribution in [0.15, 0.2) is 54.0 Å². The average molecular weight is 456 g/mol. The number of aryl methyl sites for hydroxylation is 1. The number of fused-ring (bicyclic) bond motifs is 1. The van der Waals surface area contributed by atoms with Gasteiger partial charge in [-0.25, -0.2) is 18.1 Å². The summed E-state index contributed by atoms with van der Waals surface area (Å²) in [5, 5.41) is 9.97. The number of sulfonamides is 1. The molecule has 31 heavy (non-hydrogen) atoms. The van der Waals surface area contributed by atoms with E-state index in [9.17, 15) is 13.2 Å². The molecule has 0 fully saturated rings. The zero-order valence-corrected chi connectivity index (χ0v) is 18.6. The zero-order chi connectivity index (χ0) is 22.0. The van der Waals surface area contributed by atoms with Crippen LogP contribution in [0.2, 0.25) is 0 Å². The maximum atomic E-state index is 13.0. The topological polar surface area (TPSA) is 106 Å². The normalized spacial score (nSPS) is 11.5. The van der Waals surface area contributed by atoms with E-state index in [4.69, 9.17) is 0 Å². The molecule has 1 aromatic carbocycles. The van der Waals surface area contributed by atoms with E-state index in [2.05, 4.69) is 20.1 Å². The van der Waals surface area contributed by atoms with Gasteiger partial charge in [0, 0.05) is 21.9 Å². The summed E-state index contributed by atoms with van der Waals surface area (Å²) in [7, 11) is -3.35. The van der Waals surface area contributed by atoms with Crippen LogP contribution in [0.5, 0.6) is 0 Å². The fraction of sp³-hybridized carbons (Fsp3) is 0.190. The molecular weight excluding hydrogens is 434 g/mol. The van der Waals surface area contributed by atoms with Gasteiger partial charge in [-0.2, -0.15) is 5.10 Å². The third kappa shape index (κ3) is 4.75. The third-order valence-corrected chi connectivity index (χ3v) is 6.83. The first-order valence-corrected chi connectivity index (χ1v) is 12.2. The number of carbonyl (C=O) groups is 1. The number of rotatable bonds is 7. The molecule has 0 bridgehead atoms. The van der Waals surface area contributed by atoms with Gasteiger partial charge in [-0.05, 0) is 55.6 Å². The van der Waals surface area contributed by atoms with Crippen molar-refractivity contribution in [2.24, 2.45) is 0 Å². The minimum absolute atomic E-state index is 0.0109. The number of aromatic nitrogens is 3. The highest BCUT2D eigenvalue weighted by atomic mass is 32.2. The molecule has 0 radical (unpaired) electrons. The number of nitrogens with one attached hydrogen (secondary N) is 2. The molecule has 4 rings (SSSR count). The van der Waals surface area contributed by atoms with E-state index < -0.39 is 10.0 Å². The Bertz CT molecular complexity index is 1330. The summed E-state index contributed by atoms with van der Waals surface area (Å²) in [4.78, 5) is 18.7. The highest BCUT2D eigenvalue weighted by Crippen LogP contribution is 2.22. The van der Waals surface area contributed by atoms with Crippen LogP contribution >= 0.6 is 11.3 Å². The molecule has 10 heteroatoms. The molecule has 0 unspecified atom stereocenters. The van der Waals surface area contributed by atoms with Gasteiger partial charge in [0.1, 0.15) is 0 Å². The Morgan fingerprint density at radius 3 is 2.58 bits per heavy atom. The molecule has 0 aliphatic rings. The molecule has 3 heterocycles. The lowest BCUT2D eigenvalue weighted by molar-refractivity contribution is 0.102. The minimum atomic E-state index is -3.35. The average Bonchev–Trinajstić information content (AvgIpc) is 3.39. The maximum absolute atomic E-state index is 13.0. The van der Waals surface area contributed by atoms with E-state index in [1.165, 1.54) is 0 Å². The number of nitrogens with zero attached hydrogens (tertiary/aromatic N) is 3. The van der Waals surface area contributed by atoms with E-state index in [-0.39, 0.29) is 11.7 Å². The summed E-state index contributed by atoms with van der Waals surface area (Å²) in [5.41, 5.74) is 2.85. The van der Waals surface area contributed by atoms with Crippen molar-refractivity contribution in [3.8, 4) is 0 Å². The van der Waals surface area contributed by atoms with Gasteiger partial charge in [0.05, 0.1) is 29.4 Å². The Kier molecular flexibility index (Phi) is 5.75. The van der Waals surface area contributed by atoms with E-state index >= 15 is 0 Å². The van der Waals surface area contributed by atoms with Crippen molar-refractivity contribution in [3.63, 3.8) is 0 Å². The molecule has 0 aliphatic heterocycles. The highest BCUT2D eigenvalue weighted by Gasteiger charge is 2.16. The second kappa shape index (κ2) is 8.48. The summed E-state index contributed by atoms with van der Waals surface area (Å²) in [6.45, 7) is 4.00. The second-order valence-electron chi connectivity index (χ2n) is 6.97. The number of amides is 1. The van der Waals surface area contributed by atoms with Crippen LogP contribution < -0.4 is 10.0 Å². The number of hydrogen-bond acceptors (Lipinski definition) is 6. The smallest absolute Gasteiger partial charge is 0.256 e. The molecule has 160 valence electrons. The van der Waals surface area contributed by atoms with Gasteiger partial charge >= 0.3 is 0 Å². The Labute approximate surface area is 184 Å². The van der Waals surface area contributed by atoms with Crippen molar-refractivity contribution < 1.29 is 13.2 Å². The van der Waals surface area contributed by atoms with E-state index in [1.54, 1.807) is 59.5 Å². The molecule has 0 saturated heterocycles. The second-order valence-corrected chi connectivity index (χ2v) is 10.0. The first kappa shape index (κ1) is 21.0. The third-order valence-electron chi connectivity index (χ3n) is 4.66. The number of anilines is 2. The summed E-state index contributed by atoms with van der Waals surface area (Å²) in [5.74, 6) is -0.295. The van der Waals surface area contributed by atoms with Crippen LogP contribution in [0.4, 0.5) is 11.4 Å². The van der Waals surface area contributed by atoms with Crippen molar-refractivity contribution in [3.05, 3.63) is 70.2 Å². The minimum Gasteiger partial charge on any atom is -0.322 e. The van der Waals surface area contributed by atoms with Crippen LogP contribution in [0.1, 0.15) is 27.9 Å². The van der Waals surface area contributed by atoms with Crippen molar-refractivity contribution in [1.82, 2.24) is 14.8 Å². The van der Waals surface area contributed by atoms with Crippen molar-refractivity contribution in [2.45, 2.75) is 20.4 Å². The molecule has 0 spiro atoms. The van der Waals surface area contributed by atoms with Crippen LogP contribution in [-0.2, 0) is 16.6 Å². The van der Waals surface area contributed by atoms with Gasteiger partial charge in [-0.1, -0.05) is 6.07 Å². The van der Waals surface area contributed by atoms with Gasteiger partial charge in [0.25, 0.3) is 5.91 Å². The van der Waals surface area contributed by atoms with Gasteiger partial charge < -0.3 is 5.32 Å². The van der Waals surface area contributed by atoms with Crippen molar-refractivity contribution >= 4 is 49.7 Å². The number of carbonyl (C=O) groups excluding carboxylic acids is 1. The lowest BCUT2D eigenvalue weighted by Crippen LogP contribution is -2.15. The molecule has 0 saturated carbocycles. The Balaban J connectivity index is 1.57. The molecule has 1 amide bonds. The monoisotopic (exact) mass is 455 g/mol. The molecule has 4 aromatic rings. The van der Waals surface area contributed by atoms with Gasteiger partial charge in [-0.15, -0.1) is 11.3 Å². The first-order valence-electron chi connectivity index (χ1n) is 9.62. The summed E-state index contributed by atoms with van der Waals surface area (Å²) >= 11 is 1.64. The molecular formula is C21H21N5O3S2. The molecule has 2 N–H and O–H groups in total. The lowest BCUT2D eigenvalue weighted by Gasteiger charge is -2.10. The van der Waals surface area contributed by atoms with Crippen LogP contribution in [0.25, 0.3) is 11.0 Å². The molecule has 0 aliphatic carbocycles. The van der Waals surface area contributed by atoms with Crippen molar-refractivity contribution in [1.29, 1.82) is 0 Å². The summed E-state index contributed by atoms with van der Waals surface area (Å²) in [6, 6.07) is 12.3. The fourth-order valence-corrected chi connectivity index (χ4v) is 4.42. The van der Waals surface area contributed by atoms with Crippen LogP contribution in [-0.4, -0.2) is 34.8 Å². The van der Waals surface area contributed by atoms with E-state index in [1.807, 2.05) is 24.4 Å². The highest BCUT2D eigenvalue weighted by molar-refractivity contribution is 7.92. The molecule has 0 atom stereocenters. The van der Waals surface area contributed by atoms with Crippen molar-refractivity contribution in [2.75, 3.05) is 15.8 Å². The first-order chi connectivity index (χ1) is 14.8. The van der Waals surface area contributed by atoms with E-state index in [0.717, 1.165) is 10.6 Å². The fourth-order valence-electron chi connectivity index (χ4n) is 3.10. The number of thiophene rings is 1. The summed E-state index contributed by atoms with van der Waals surface area (Å²) in [6.07, 6.45) is 1.66. The van der Waals surface area contributed by atoms with Gasteiger partial charge in [0.2, 0.25) is 10.0 Å².